The average Bonchev–Trinajstić information content (AvgIpc) is 2.17. The molecular formula is C10H21NO3. The van der Waals surface area contributed by atoms with E-state index in [1.54, 1.807) is 0 Å². The summed E-state index contributed by atoms with van der Waals surface area (Å²) < 4.78 is 4.64. The first-order valence-corrected chi connectivity index (χ1v) is 5.06. The molecule has 0 saturated heterocycles. The van der Waals surface area contributed by atoms with Gasteiger partial charge in [0.2, 0.25) is 0 Å². The van der Waals surface area contributed by atoms with Crippen molar-refractivity contribution in [3.8, 4) is 0 Å². The van der Waals surface area contributed by atoms with E-state index in [1.807, 2.05) is 6.92 Å². The van der Waals surface area contributed by atoms with Crippen LogP contribution in [0.2, 0.25) is 0 Å². The number of ether oxygens (including phenoxy) is 1. The van der Waals surface area contributed by atoms with Crippen molar-refractivity contribution in [2.24, 2.45) is 5.92 Å². The number of hydrogen-bond donors (Lipinski definition) is 1. The van der Waals surface area contributed by atoms with Crippen LogP contribution in [0.15, 0.2) is 0 Å². The molecule has 0 rings (SSSR count). The van der Waals surface area contributed by atoms with Gasteiger partial charge in [0.1, 0.15) is 0 Å². The summed E-state index contributed by atoms with van der Waals surface area (Å²) in [7, 11) is 1.40. The van der Waals surface area contributed by atoms with Crippen molar-refractivity contribution in [1.29, 1.82) is 0 Å². The number of nitrogens with zero attached hydrogens (tertiary/aromatic N) is 1. The minimum Gasteiger partial charge on any atom is -0.469 e. The molecule has 0 bridgehead atoms. The molecule has 4 heteroatoms. The fraction of sp³-hybridized carbons (Fsp3) is 0.900. The van der Waals surface area contributed by atoms with Crippen molar-refractivity contribution >= 4 is 5.97 Å². The molecule has 0 aromatic carbocycles. The fourth-order valence-corrected chi connectivity index (χ4v) is 1.42. The molecular weight excluding hydrogens is 182 g/mol. The van der Waals surface area contributed by atoms with Gasteiger partial charge in [-0.25, -0.2) is 0 Å². The van der Waals surface area contributed by atoms with Gasteiger partial charge in [-0.2, -0.15) is 0 Å². The van der Waals surface area contributed by atoms with Gasteiger partial charge in [0.25, 0.3) is 0 Å². The van der Waals surface area contributed by atoms with E-state index in [4.69, 9.17) is 5.11 Å². The van der Waals surface area contributed by atoms with Gasteiger partial charge in [-0.15, -0.1) is 0 Å². The Morgan fingerprint density at radius 3 is 2.57 bits per heavy atom. The Kier molecular flexibility index (Phi) is 7.42. The van der Waals surface area contributed by atoms with Crippen molar-refractivity contribution in [3.63, 3.8) is 0 Å². The van der Waals surface area contributed by atoms with Crippen LogP contribution in [0.25, 0.3) is 0 Å². The Hall–Kier alpha value is -0.610. The lowest BCUT2D eigenvalue weighted by molar-refractivity contribution is -0.145. The van der Waals surface area contributed by atoms with E-state index in [9.17, 15) is 4.79 Å². The molecule has 0 amide bonds. The first kappa shape index (κ1) is 13.4. The highest BCUT2D eigenvalue weighted by Gasteiger charge is 2.16. The molecule has 84 valence electrons. The largest absolute Gasteiger partial charge is 0.469 e. The second kappa shape index (κ2) is 7.76. The standard InChI is InChI=1S/C10H21NO3/c1-4-5-11(6-7-12)8-9(2)10(13)14-3/h9,12H,4-8H2,1-3H3. The van der Waals surface area contributed by atoms with Crippen LogP contribution in [-0.4, -0.2) is 49.3 Å². The Bertz CT molecular complexity index is 155. The quantitative estimate of drug-likeness (QED) is 0.612. The summed E-state index contributed by atoms with van der Waals surface area (Å²) in [5.74, 6) is -0.317. The van der Waals surface area contributed by atoms with Gasteiger partial charge in [-0.3, -0.25) is 4.79 Å². The summed E-state index contributed by atoms with van der Waals surface area (Å²) in [5, 5.41) is 8.81. The molecule has 0 aromatic rings. The Labute approximate surface area is 85.9 Å². The van der Waals surface area contributed by atoms with Crippen LogP contribution < -0.4 is 0 Å². The monoisotopic (exact) mass is 203 g/mol. The first-order chi connectivity index (χ1) is 6.65. The van der Waals surface area contributed by atoms with Crippen LogP contribution in [-0.2, 0) is 9.53 Å². The zero-order valence-corrected chi connectivity index (χ0v) is 9.32. The number of carbonyl (C=O) groups excluding carboxylic acids is 1. The van der Waals surface area contributed by atoms with Gasteiger partial charge in [0.05, 0.1) is 19.6 Å². The van der Waals surface area contributed by atoms with E-state index in [1.165, 1.54) is 7.11 Å². The molecule has 1 unspecified atom stereocenters. The van der Waals surface area contributed by atoms with Gasteiger partial charge in [-0.1, -0.05) is 13.8 Å². The van der Waals surface area contributed by atoms with Crippen molar-refractivity contribution in [3.05, 3.63) is 0 Å². The smallest absolute Gasteiger partial charge is 0.309 e. The number of methoxy groups -OCH3 is 1. The molecule has 4 nitrogen and oxygen atoms in total. The van der Waals surface area contributed by atoms with Gasteiger partial charge < -0.3 is 14.7 Å². The molecule has 0 radical (unpaired) electrons. The van der Waals surface area contributed by atoms with Gasteiger partial charge in [0.15, 0.2) is 0 Å². The molecule has 1 atom stereocenters. The Morgan fingerprint density at radius 2 is 2.14 bits per heavy atom. The molecule has 0 heterocycles. The number of esters is 1. The van der Waals surface area contributed by atoms with E-state index in [-0.39, 0.29) is 18.5 Å². The maximum Gasteiger partial charge on any atom is 0.309 e. The Balaban J connectivity index is 3.94. The molecule has 0 aliphatic carbocycles. The number of rotatable bonds is 7. The van der Waals surface area contributed by atoms with E-state index < -0.39 is 0 Å². The topological polar surface area (TPSA) is 49.8 Å². The molecule has 0 fully saturated rings. The maximum absolute atomic E-state index is 11.1. The second-order valence-corrected chi connectivity index (χ2v) is 3.45. The predicted molar refractivity (Wildman–Crippen MR) is 55.0 cm³/mol. The lowest BCUT2D eigenvalue weighted by Gasteiger charge is -2.23. The van der Waals surface area contributed by atoms with Crippen molar-refractivity contribution in [1.82, 2.24) is 4.90 Å². The highest BCUT2D eigenvalue weighted by molar-refractivity contribution is 5.72. The summed E-state index contributed by atoms with van der Waals surface area (Å²) in [4.78, 5) is 13.2. The number of aliphatic hydroxyl groups is 1. The summed E-state index contributed by atoms with van der Waals surface area (Å²) >= 11 is 0. The Morgan fingerprint density at radius 1 is 1.50 bits per heavy atom. The number of hydrogen-bond acceptors (Lipinski definition) is 4. The van der Waals surface area contributed by atoms with E-state index in [0.29, 0.717) is 13.1 Å². The lowest BCUT2D eigenvalue weighted by Crippen LogP contribution is -2.35. The molecule has 0 aliphatic heterocycles. The molecule has 0 saturated carbocycles. The highest BCUT2D eigenvalue weighted by Crippen LogP contribution is 2.02. The first-order valence-electron chi connectivity index (χ1n) is 5.06. The average molecular weight is 203 g/mol. The minimum atomic E-state index is -0.191. The van der Waals surface area contributed by atoms with Gasteiger partial charge in [0, 0.05) is 13.1 Å². The van der Waals surface area contributed by atoms with Crippen molar-refractivity contribution < 1.29 is 14.6 Å². The van der Waals surface area contributed by atoms with Crippen LogP contribution in [0.1, 0.15) is 20.3 Å². The summed E-state index contributed by atoms with van der Waals surface area (Å²) in [6.07, 6.45) is 1.02. The molecule has 1 N–H and O–H groups in total. The molecule has 0 aliphatic rings. The van der Waals surface area contributed by atoms with Crippen LogP contribution in [0.3, 0.4) is 0 Å². The fourth-order valence-electron chi connectivity index (χ4n) is 1.42. The van der Waals surface area contributed by atoms with E-state index in [0.717, 1.165) is 13.0 Å². The third-order valence-corrected chi connectivity index (χ3v) is 2.09. The SMILES string of the molecule is CCCN(CCO)CC(C)C(=O)OC. The number of aliphatic hydroxyl groups excluding tert-OH is 1. The zero-order chi connectivity index (χ0) is 11.0. The van der Waals surface area contributed by atoms with Crippen molar-refractivity contribution in [2.45, 2.75) is 20.3 Å². The maximum atomic E-state index is 11.1. The van der Waals surface area contributed by atoms with E-state index in [2.05, 4.69) is 16.6 Å². The zero-order valence-electron chi connectivity index (χ0n) is 9.32. The lowest BCUT2D eigenvalue weighted by atomic mass is 10.1. The van der Waals surface area contributed by atoms with Gasteiger partial charge >= 0.3 is 5.97 Å². The second-order valence-electron chi connectivity index (χ2n) is 3.45. The summed E-state index contributed by atoms with van der Waals surface area (Å²) in [5.41, 5.74) is 0. The normalized spacial score (nSPS) is 12.9. The highest BCUT2D eigenvalue weighted by atomic mass is 16.5. The third-order valence-electron chi connectivity index (χ3n) is 2.09. The van der Waals surface area contributed by atoms with Crippen LogP contribution in [0, 0.1) is 5.92 Å². The third kappa shape index (κ3) is 5.19. The summed E-state index contributed by atoms with van der Waals surface area (Å²) in [6.45, 7) is 6.23. The van der Waals surface area contributed by atoms with Crippen LogP contribution >= 0.6 is 0 Å². The molecule has 14 heavy (non-hydrogen) atoms. The van der Waals surface area contributed by atoms with Crippen LogP contribution in [0.4, 0.5) is 0 Å². The van der Waals surface area contributed by atoms with Crippen molar-refractivity contribution in [2.75, 3.05) is 33.4 Å². The number of carbonyl (C=O) groups is 1. The van der Waals surface area contributed by atoms with Crippen LogP contribution in [0.5, 0.6) is 0 Å². The van der Waals surface area contributed by atoms with E-state index >= 15 is 0 Å². The predicted octanol–water partition coefficient (Wildman–Crippen LogP) is 0.500. The minimum absolute atomic E-state index is 0.127. The summed E-state index contributed by atoms with van der Waals surface area (Å²) in [6, 6.07) is 0. The molecule has 0 aromatic heterocycles. The molecule has 0 spiro atoms. The van der Waals surface area contributed by atoms with Gasteiger partial charge in [-0.05, 0) is 13.0 Å².